The lowest BCUT2D eigenvalue weighted by molar-refractivity contribution is 0.670. The minimum atomic E-state index is 0.737. The summed E-state index contributed by atoms with van der Waals surface area (Å²) < 4.78 is 0. The summed E-state index contributed by atoms with van der Waals surface area (Å²) in [6.07, 6.45) is 5.19. The molecule has 17 heavy (non-hydrogen) atoms. The molecule has 1 aromatic rings. The summed E-state index contributed by atoms with van der Waals surface area (Å²) in [6.45, 7) is 5.16. The van der Waals surface area contributed by atoms with Crippen LogP contribution in [0.4, 0.5) is 5.95 Å². The van der Waals surface area contributed by atoms with E-state index in [9.17, 15) is 0 Å². The van der Waals surface area contributed by atoms with Crippen LogP contribution in [0.2, 0.25) is 0 Å². The normalized spacial score (nSPS) is 19.9. The van der Waals surface area contributed by atoms with Crippen molar-refractivity contribution >= 4 is 5.95 Å². The molecule has 0 radical (unpaired) electrons. The second-order valence-corrected chi connectivity index (χ2v) is 5.15. The number of nitrogens with zero attached hydrogens (tertiary/aromatic N) is 3. The molecule has 0 aromatic carbocycles. The van der Waals surface area contributed by atoms with Gasteiger partial charge in [-0.3, -0.25) is 0 Å². The topological polar surface area (TPSA) is 41.1 Å². The first-order chi connectivity index (χ1) is 8.31. The zero-order valence-electron chi connectivity index (χ0n) is 10.4. The summed E-state index contributed by atoms with van der Waals surface area (Å²) in [5.41, 5.74) is 2.21. The molecule has 0 atom stereocenters. The molecule has 2 fully saturated rings. The van der Waals surface area contributed by atoms with E-state index in [1.807, 2.05) is 0 Å². The van der Waals surface area contributed by atoms with Crippen LogP contribution in [0.25, 0.3) is 0 Å². The molecule has 0 bridgehead atoms. The molecule has 1 aromatic heterocycles. The molecule has 2 heterocycles. The molecular weight excluding hydrogens is 212 g/mol. The van der Waals surface area contributed by atoms with E-state index < -0.39 is 0 Å². The first-order valence-electron chi connectivity index (χ1n) is 6.64. The van der Waals surface area contributed by atoms with Gasteiger partial charge in [0, 0.05) is 31.4 Å². The average molecular weight is 232 g/mol. The molecule has 92 valence electrons. The van der Waals surface area contributed by atoms with Gasteiger partial charge in [0.1, 0.15) is 0 Å². The molecule has 1 aliphatic heterocycles. The Balaban J connectivity index is 1.73. The number of anilines is 1. The predicted molar refractivity (Wildman–Crippen MR) is 68.1 cm³/mol. The van der Waals surface area contributed by atoms with Gasteiger partial charge in [-0.15, -0.1) is 0 Å². The number of rotatable bonds is 4. The number of aryl methyl sites for hydroxylation is 1. The Morgan fingerprint density at radius 3 is 2.76 bits per heavy atom. The number of hydrogen-bond acceptors (Lipinski definition) is 4. The van der Waals surface area contributed by atoms with Gasteiger partial charge in [0.2, 0.25) is 5.95 Å². The van der Waals surface area contributed by atoms with Gasteiger partial charge in [0.15, 0.2) is 0 Å². The van der Waals surface area contributed by atoms with E-state index in [2.05, 4.69) is 33.2 Å². The minimum Gasteiger partial charge on any atom is -0.341 e. The monoisotopic (exact) mass is 232 g/mol. The maximum atomic E-state index is 4.67. The molecule has 1 saturated heterocycles. The first kappa shape index (κ1) is 11.0. The molecule has 0 unspecified atom stereocenters. The molecule has 0 spiro atoms. The van der Waals surface area contributed by atoms with Crippen LogP contribution in [0.15, 0.2) is 6.07 Å². The molecule has 1 saturated carbocycles. The summed E-state index contributed by atoms with van der Waals surface area (Å²) in [5.74, 6) is 0.926. The summed E-state index contributed by atoms with van der Waals surface area (Å²) in [7, 11) is 0. The maximum Gasteiger partial charge on any atom is 0.225 e. The van der Waals surface area contributed by atoms with E-state index >= 15 is 0 Å². The summed E-state index contributed by atoms with van der Waals surface area (Å²) >= 11 is 0. The third kappa shape index (κ3) is 2.75. The SMILES string of the molecule is Cc1cc(CNC2CC2)nc(N2CCCC2)n1. The quantitative estimate of drug-likeness (QED) is 0.857. The standard InChI is InChI=1S/C13H20N4/c1-10-8-12(9-14-11-4-5-11)16-13(15-10)17-6-2-3-7-17/h8,11,14H,2-7,9H2,1H3. The predicted octanol–water partition coefficient (Wildman–Crippen LogP) is 1.64. The second-order valence-electron chi connectivity index (χ2n) is 5.15. The smallest absolute Gasteiger partial charge is 0.225 e. The minimum absolute atomic E-state index is 0.737. The van der Waals surface area contributed by atoms with Gasteiger partial charge >= 0.3 is 0 Å². The van der Waals surface area contributed by atoms with Crippen molar-refractivity contribution in [2.75, 3.05) is 18.0 Å². The Hall–Kier alpha value is -1.16. The Bertz CT molecular complexity index is 394. The van der Waals surface area contributed by atoms with Crippen LogP contribution in [0, 0.1) is 6.92 Å². The molecule has 1 N–H and O–H groups in total. The van der Waals surface area contributed by atoms with Crippen molar-refractivity contribution in [1.29, 1.82) is 0 Å². The number of aromatic nitrogens is 2. The summed E-state index contributed by atoms with van der Waals surface area (Å²) in [4.78, 5) is 11.5. The Labute approximate surface area is 102 Å². The third-order valence-electron chi connectivity index (χ3n) is 3.43. The van der Waals surface area contributed by atoms with E-state index in [4.69, 9.17) is 0 Å². The van der Waals surface area contributed by atoms with Crippen LogP contribution >= 0.6 is 0 Å². The second kappa shape index (κ2) is 4.61. The van der Waals surface area contributed by atoms with E-state index in [0.29, 0.717) is 0 Å². The molecule has 4 nitrogen and oxygen atoms in total. The fourth-order valence-electron chi connectivity index (χ4n) is 2.30. The Morgan fingerprint density at radius 2 is 2.06 bits per heavy atom. The number of nitrogens with one attached hydrogen (secondary N) is 1. The van der Waals surface area contributed by atoms with Crippen LogP contribution in [-0.2, 0) is 6.54 Å². The highest BCUT2D eigenvalue weighted by molar-refractivity contribution is 5.33. The Morgan fingerprint density at radius 1 is 1.29 bits per heavy atom. The molecular formula is C13H20N4. The van der Waals surface area contributed by atoms with E-state index in [-0.39, 0.29) is 0 Å². The van der Waals surface area contributed by atoms with Crippen molar-refractivity contribution in [2.24, 2.45) is 0 Å². The highest BCUT2D eigenvalue weighted by Crippen LogP contribution is 2.20. The van der Waals surface area contributed by atoms with E-state index in [1.165, 1.54) is 25.7 Å². The van der Waals surface area contributed by atoms with Crippen molar-refractivity contribution in [3.63, 3.8) is 0 Å². The van der Waals surface area contributed by atoms with Crippen molar-refractivity contribution in [2.45, 2.75) is 45.2 Å². The van der Waals surface area contributed by atoms with Crippen molar-refractivity contribution in [3.05, 3.63) is 17.5 Å². The third-order valence-corrected chi connectivity index (χ3v) is 3.43. The van der Waals surface area contributed by atoms with Crippen molar-refractivity contribution in [1.82, 2.24) is 15.3 Å². The molecule has 4 heteroatoms. The molecule has 1 aliphatic carbocycles. The van der Waals surface area contributed by atoms with Gasteiger partial charge in [0.25, 0.3) is 0 Å². The summed E-state index contributed by atoms with van der Waals surface area (Å²) in [6, 6.07) is 2.83. The lowest BCUT2D eigenvalue weighted by atomic mass is 10.3. The van der Waals surface area contributed by atoms with E-state index in [0.717, 1.165) is 43.0 Å². The van der Waals surface area contributed by atoms with Gasteiger partial charge in [-0.2, -0.15) is 0 Å². The molecule has 2 aliphatic rings. The number of hydrogen-bond donors (Lipinski definition) is 1. The Kier molecular flexibility index (Phi) is 2.97. The van der Waals surface area contributed by atoms with Crippen molar-refractivity contribution < 1.29 is 0 Å². The van der Waals surface area contributed by atoms with Crippen LogP contribution in [-0.4, -0.2) is 29.1 Å². The summed E-state index contributed by atoms with van der Waals surface area (Å²) in [5, 5.41) is 3.51. The fourth-order valence-corrected chi connectivity index (χ4v) is 2.30. The van der Waals surface area contributed by atoms with Gasteiger partial charge in [0.05, 0.1) is 5.69 Å². The zero-order chi connectivity index (χ0) is 11.7. The van der Waals surface area contributed by atoms with Crippen LogP contribution in [0.3, 0.4) is 0 Å². The van der Waals surface area contributed by atoms with Crippen LogP contribution < -0.4 is 10.2 Å². The zero-order valence-corrected chi connectivity index (χ0v) is 10.4. The molecule has 3 rings (SSSR count). The van der Waals surface area contributed by atoms with Gasteiger partial charge < -0.3 is 10.2 Å². The van der Waals surface area contributed by atoms with E-state index in [1.54, 1.807) is 0 Å². The van der Waals surface area contributed by atoms with Gasteiger partial charge in [-0.1, -0.05) is 0 Å². The highest BCUT2D eigenvalue weighted by Gasteiger charge is 2.21. The maximum absolute atomic E-state index is 4.67. The first-order valence-corrected chi connectivity index (χ1v) is 6.64. The largest absolute Gasteiger partial charge is 0.341 e. The van der Waals surface area contributed by atoms with Gasteiger partial charge in [-0.05, 0) is 38.7 Å². The van der Waals surface area contributed by atoms with Crippen LogP contribution in [0.1, 0.15) is 37.1 Å². The van der Waals surface area contributed by atoms with Crippen LogP contribution in [0.5, 0.6) is 0 Å². The van der Waals surface area contributed by atoms with Gasteiger partial charge in [-0.25, -0.2) is 9.97 Å². The highest BCUT2D eigenvalue weighted by atomic mass is 15.3. The fraction of sp³-hybridized carbons (Fsp3) is 0.692. The molecule has 0 amide bonds. The van der Waals surface area contributed by atoms with Crippen molar-refractivity contribution in [3.8, 4) is 0 Å². The lowest BCUT2D eigenvalue weighted by Gasteiger charge is -2.16. The lowest BCUT2D eigenvalue weighted by Crippen LogP contribution is -2.23. The average Bonchev–Trinajstić information content (AvgIpc) is 2.98.